The number of carbonyl (C=O) groups excluding carboxylic acids is 1. The van der Waals surface area contributed by atoms with Crippen LogP contribution in [-0.4, -0.2) is 27.0 Å². The lowest BCUT2D eigenvalue weighted by atomic mass is 9.96. The van der Waals surface area contributed by atoms with Crippen LogP contribution in [0.1, 0.15) is 28.8 Å². The third kappa shape index (κ3) is 4.44. The van der Waals surface area contributed by atoms with Crippen LogP contribution in [0, 0.1) is 6.92 Å². The molecule has 172 valence electrons. The number of aromatic nitrogens is 2. The smallest absolute Gasteiger partial charge is 0.251 e. The number of hydrogen-bond donors (Lipinski definition) is 4. The van der Waals surface area contributed by atoms with Gasteiger partial charge < -0.3 is 21.5 Å². The van der Waals surface area contributed by atoms with Gasteiger partial charge in [-0.1, -0.05) is 29.3 Å². The van der Waals surface area contributed by atoms with Crippen molar-refractivity contribution in [3.05, 3.63) is 69.8 Å². The van der Waals surface area contributed by atoms with Gasteiger partial charge in [-0.25, -0.2) is 9.97 Å². The van der Waals surface area contributed by atoms with Gasteiger partial charge in [0.25, 0.3) is 5.91 Å². The fourth-order valence-electron chi connectivity index (χ4n) is 3.72. The largest absolute Gasteiger partial charge is 0.507 e. The van der Waals surface area contributed by atoms with Crippen molar-refractivity contribution in [1.29, 1.82) is 0 Å². The number of nitrogen functional groups attached to an aromatic ring is 1. The molecule has 1 aromatic heterocycles. The van der Waals surface area contributed by atoms with E-state index < -0.39 is 0 Å². The molecule has 1 aliphatic rings. The molecule has 0 aliphatic heterocycles. The second-order valence-corrected chi connectivity index (χ2v) is 9.20. The fraction of sp³-hybridized carbons (Fsp3) is 0.160. The predicted molar refractivity (Wildman–Crippen MR) is 136 cm³/mol. The number of nitrogens with one attached hydrogen (secondary N) is 2. The van der Waals surface area contributed by atoms with Crippen molar-refractivity contribution < 1.29 is 9.90 Å². The number of anilines is 3. The Morgan fingerprint density at radius 2 is 1.82 bits per heavy atom. The van der Waals surface area contributed by atoms with E-state index in [9.17, 15) is 9.90 Å². The second-order valence-electron chi connectivity index (χ2n) is 8.38. The fourth-order valence-corrected chi connectivity index (χ4v) is 4.32. The van der Waals surface area contributed by atoms with E-state index in [1.165, 1.54) is 0 Å². The summed E-state index contributed by atoms with van der Waals surface area (Å²) >= 11 is 12.5. The number of phenols is 1. The Morgan fingerprint density at radius 3 is 2.53 bits per heavy atom. The zero-order valence-electron chi connectivity index (χ0n) is 18.2. The first kappa shape index (κ1) is 22.3. The molecule has 9 heteroatoms. The molecule has 1 amide bonds. The van der Waals surface area contributed by atoms with Crippen molar-refractivity contribution in [3.63, 3.8) is 0 Å². The highest BCUT2D eigenvalue weighted by Crippen LogP contribution is 2.37. The molecule has 7 nitrogen and oxygen atoms in total. The number of phenolic OH excluding ortho intramolecular Hbond substituents is 1. The van der Waals surface area contributed by atoms with Crippen molar-refractivity contribution in [2.45, 2.75) is 25.8 Å². The topological polar surface area (TPSA) is 113 Å². The van der Waals surface area contributed by atoms with Gasteiger partial charge in [-0.05, 0) is 61.2 Å². The molecule has 0 radical (unpaired) electrons. The molecule has 1 fully saturated rings. The molecular formula is C25H21Cl2N5O2. The Hall–Kier alpha value is -3.55. The summed E-state index contributed by atoms with van der Waals surface area (Å²) in [4.78, 5) is 21.4. The van der Waals surface area contributed by atoms with Crippen LogP contribution in [0.3, 0.4) is 0 Å². The monoisotopic (exact) mass is 493 g/mol. The minimum atomic E-state index is -0.108. The molecule has 1 aliphatic carbocycles. The van der Waals surface area contributed by atoms with Crippen molar-refractivity contribution in [1.82, 2.24) is 15.3 Å². The molecule has 0 saturated heterocycles. The number of carbonyl (C=O) groups is 1. The highest BCUT2D eigenvalue weighted by molar-refractivity contribution is 6.39. The number of nitrogens with zero attached hydrogens (tertiary/aromatic N) is 2. The van der Waals surface area contributed by atoms with Gasteiger partial charge in [-0.2, -0.15) is 0 Å². The van der Waals surface area contributed by atoms with Crippen molar-refractivity contribution in [2.24, 2.45) is 0 Å². The van der Waals surface area contributed by atoms with Crippen LogP contribution in [0.25, 0.3) is 22.0 Å². The lowest BCUT2D eigenvalue weighted by Crippen LogP contribution is -2.25. The Bertz CT molecular complexity index is 1430. The Morgan fingerprint density at radius 1 is 1.09 bits per heavy atom. The van der Waals surface area contributed by atoms with Gasteiger partial charge in [-0.15, -0.1) is 0 Å². The van der Waals surface area contributed by atoms with E-state index in [0.29, 0.717) is 38.1 Å². The maximum atomic E-state index is 12.5. The number of fused-ring (bicyclic) bond motifs is 1. The standard InChI is InChI=1S/C25H21Cl2N5O2/c1-12-2-3-13(24(34)30-16-4-5-16)6-17(12)18-7-14-11-29-25(31-21(14)10-22(18)33)32-23-19(26)8-15(28)9-20(23)27/h2-3,6-11,16,33H,4-5,28H2,1H3,(H,30,34)(H,29,31,32). The molecule has 1 saturated carbocycles. The van der Waals surface area contributed by atoms with E-state index >= 15 is 0 Å². The number of benzene rings is 3. The van der Waals surface area contributed by atoms with E-state index in [0.717, 1.165) is 29.4 Å². The number of aromatic hydroxyl groups is 1. The number of aryl methyl sites for hydroxylation is 1. The predicted octanol–water partition coefficient (Wildman–Crippen LogP) is 5.84. The lowest BCUT2D eigenvalue weighted by molar-refractivity contribution is 0.0951. The van der Waals surface area contributed by atoms with Gasteiger partial charge in [0.1, 0.15) is 5.75 Å². The molecule has 5 rings (SSSR count). The van der Waals surface area contributed by atoms with Gasteiger partial charge in [0, 0.05) is 40.5 Å². The van der Waals surface area contributed by atoms with E-state index in [4.69, 9.17) is 28.9 Å². The summed E-state index contributed by atoms with van der Waals surface area (Å²) in [5, 5.41) is 18.2. The van der Waals surface area contributed by atoms with E-state index in [1.54, 1.807) is 36.5 Å². The highest BCUT2D eigenvalue weighted by Gasteiger charge is 2.24. The van der Waals surface area contributed by atoms with Crippen LogP contribution < -0.4 is 16.4 Å². The average Bonchev–Trinajstić information content (AvgIpc) is 3.60. The first-order chi connectivity index (χ1) is 16.3. The molecule has 5 N–H and O–H groups in total. The average molecular weight is 494 g/mol. The van der Waals surface area contributed by atoms with E-state index in [-0.39, 0.29) is 23.6 Å². The second kappa shape index (κ2) is 8.66. The quantitative estimate of drug-likeness (QED) is 0.260. The van der Waals surface area contributed by atoms with Crippen LogP contribution in [0.4, 0.5) is 17.3 Å². The summed E-state index contributed by atoms with van der Waals surface area (Å²) in [6, 6.07) is 12.3. The molecule has 0 atom stereocenters. The summed E-state index contributed by atoms with van der Waals surface area (Å²) in [5.74, 6) is 0.203. The minimum Gasteiger partial charge on any atom is -0.507 e. The summed E-state index contributed by atoms with van der Waals surface area (Å²) in [7, 11) is 0. The third-order valence-electron chi connectivity index (χ3n) is 5.70. The molecule has 0 bridgehead atoms. The van der Waals surface area contributed by atoms with Gasteiger partial charge in [-0.3, -0.25) is 4.79 Å². The molecule has 0 unspecified atom stereocenters. The summed E-state index contributed by atoms with van der Waals surface area (Å²) < 4.78 is 0. The molecule has 34 heavy (non-hydrogen) atoms. The molecule has 3 aromatic carbocycles. The first-order valence-corrected chi connectivity index (χ1v) is 11.5. The van der Waals surface area contributed by atoms with Crippen LogP contribution in [0.5, 0.6) is 5.75 Å². The van der Waals surface area contributed by atoms with Gasteiger partial charge in [0.05, 0.1) is 21.2 Å². The zero-order valence-corrected chi connectivity index (χ0v) is 19.7. The maximum absolute atomic E-state index is 12.5. The molecule has 4 aromatic rings. The van der Waals surface area contributed by atoms with Crippen LogP contribution in [0.2, 0.25) is 10.0 Å². The van der Waals surface area contributed by atoms with Gasteiger partial charge in [0.2, 0.25) is 5.95 Å². The SMILES string of the molecule is Cc1ccc(C(=O)NC2CC2)cc1-c1cc2cnc(Nc3c(Cl)cc(N)cc3Cl)nc2cc1O. The summed E-state index contributed by atoms with van der Waals surface area (Å²) in [6.45, 7) is 1.94. The van der Waals surface area contributed by atoms with Crippen molar-refractivity contribution in [2.75, 3.05) is 11.1 Å². The van der Waals surface area contributed by atoms with Gasteiger partial charge >= 0.3 is 0 Å². The number of amides is 1. The number of nitrogens with two attached hydrogens (primary N) is 1. The van der Waals surface area contributed by atoms with Crippen molar-refractivity contribution >= 4 is 57.3 Å². The molecule has 1 heterocycles. The highest BCUT2D eigenvalue weighted by atomic mass is 35.5. The zero-order chi connectivity index (χ0) is 24.0. The third-order valence-corrected chi connectivity index (χ3v) is 6.30. The molecule has 0 spiro atoms. The van der Waals surface area contributed by atoms with E-state index in [1.807, 2.05) is 19.1 Å². The maximum Gasteiger partial charge on any atom is 0.251 e. The van der Waals surface area contributed by atoms with Gasteiger partial charge in [0.15, 0.2) is 0 Å². The first-order valence-electron chi connectivity index (χ1n) is 10.7. The number of halogens is 2. The van der Waals surface area contributed by atoms with E-state index in [2.05, 4.69) is 20.6 Å². The van der Waals surface area contributed by atoms with Crippen molar-refractivity contribution in [3.8, 4) is 16.9 Å². The molecular weight excluding hydrogens is 473 g/mol. The van der Waals surface area contributed by atoms with Crippen LogP contribution in [-0.2, 0) is 0 Å². The Kier molecular flexibility index (Phi) is 5.67. The lowest BCUT2D eigenvalue weighted by Gasteiger charge is -2.13. The number of hydrogen-bond acceptors (Lipinski definition) is 6. The summed E-state index contributed by atoms with van der Waals surface area (Å²) in [5.41, 5.74) is 10.0. The van der Waals surface area contributed by atoms with Crippen LogP contribution >= 0.6 is 23.2 Å². The minimum absolute atomic E-state index is 0.0450. The number of rotatable bonds is 5. The Balaban J connectivity index is 1.49. The van der Waals surface area contributed by atoms with Crippen LogP contribution in [0.15, 0.2) is 48.7 Å². The summed E-state index contributed by atoms with van der Waals surface area (Å²) in [6.07, 6.45) is 3.68. The Labute approximate surface area is 205 Å². The normalized spacial score (nSPS) is 13.1.